The normalized spacial score (nSPS) is 21.3. The van der Waals surface area contributed by atoms with Crippen LogP contribution in [-0.4, -0.2) is 33.1 Å². The largest absolute Gasteiger partial charge is 0.481 e. The minimum Gasteiger partial charge on any atom is -0.481 e. The minimum atomic E-state index is -0.856. The summed E-state index contributed by atoms with van der Waals surface area (Å²) in [6.45, 7) is 7.33. The van der Waals surface area contributed by atoms with Crippen LogP contribution in [0.5, 0.6) is 0 Å². The Hall–Kier alpha value is -2.63. The summed E-state index contributed by atoms with van der Waals surface area (Å²) in [5.41, 5.74) is 3.58. The van der Waals surface area contributed by atoms with Crippen LogP contribution >= 0.6 is 0 Å². The second kappa shape index (κ2) is 10.1. The third kappa shape index (κ3) is 5.75. The Labute approximate surface area is 184 Å². The lowest BCUT2D eigenvalue weighted by Crippen LogP contribution is -2.37. The lowest BCUT2D eigenvalue weighted by atomic mass is 9.69. The van der Waals surface area contributed by atoms with Crippen LogP contribution in [0.1, 0.15) is 52.3 Å². The van der Waals surface area contributed by atoms with Gasteiger partial charge < -0.3 is 15.0 Å². The molecule has 0 spiro atoms. The average Bonchev–Trinajstić information content (AvgIpc) is 3.03. The van der Waals surface area contributed by atoms with Gasteiger partial charge in [0.15, 0.2) is 0 Å². The van der Waals surface area contributed by atoms with Crippen molar-refractivity contribution in [3.8, 4) is 0 Å². The van der Waals surface area contributed by atoms with Crippen LogP contribution in [0.25, 0.3) is 11.0 Å². The first-order chi connectivity index (χ1) is 14.8. The number of benzene rings is 1. The number of para-hydroxylation sites is 2. The number of hydrogen-bond acceptors (Lipinski definition) is 3. The highest BCUT2D eigenvalue weighted by Crippen LogP contribution is 2.38. The molecule has 1 aliphatic carbocycles. The number of carbonyl (C=O) groups is 2. The maximum absolute atomic E-state index is 12.1. The lowest BCUT2D eigenvalue weighted by molar-refractivity contribution is -0.137. The molecule has 0 radical (unpaired) electrons. The molecule has 1 aliphatic rings. The van der Waals surface area contributed by atoms with Gasteiger partial charge in [-0.1, -0.05) is 37.6 Å². The SMILES string of the molecule is CC1=C[C@@H](CNC(=O)CCCC(=O)O)[C@H](C(C)C)C[C@H]1Cc1nc2ccccc2n1C. The topological polar surface area (TPSA) is 84.2 Å². The summed E-state index contributed by atoms with van der Waals surface area (Å²) in [4.78, 5) is 27.6. The summed E-state index contributed by atoms with van der Waals surface area (Å²) in [5, 5.41) is 11.8. The number of imidazole rings is 1. The number of allylic oxidation sites excluding steroid dienone is 1. The summed E-state index contributed by atoms with van der Waals surface area (Å²) in [5.74, 6) is 1.96. The Balaban J connectivity index is 1.66. The number of fused-ring (bicyclic) bond motifs is 1. The number of carbonyl (C=O) groups excluding carboxylic acids is 1. The fourth-order valence-electron chi connectivity index (χ4n) is 4.83. The molecule has 2 aromatic rings. The molecule has 0 bridgehead atoms. The van der Waals surface area contributed by atoms with E-state index in [-0.39, 0.29) is 18.7 Å². The Morgan fingerprint density at radius 2 is 2.00 bits per heavy atom. The van der Waals surface area contributed by atoms with E-state index >= 15 is 0 Å². The predicted octanol–water partition coefficient (Wildman–Crippen LogP) is 4.34. The van der Waals surface area contributed by atoms with E-state index in [4.69, 9.17) is 10.1 Å². The molecule has 1 amide bonds. The first kappa shape index (κ1) is 23.0. The van der Waals surface area contributed by atoms with Crippen molar-refractivity contribution in [3.05, 3.63) is 41.7 Å². The van der Waals surface area contributed by atoms with E-state index in [0.717, 1.165) is 24.2 Å². The number of hydrogen-bond donors (Lipinski definition) is 2. The maximum atomic E-state index is 12.1. The molecule has 1 aromatic heterocycles. The fraction of sp³-hybridized carbons (Fsp3) is 0.560. The van der Waals surface area contributed by atoms with Gasteiger partial charge in [-0.15, -0.1) is 0 Å². The number of aliphatic carboxylic acids is 1. The molecule has 0 saturated carbocycles. The van der Waals surface area contributed by atoms with Crippen molar-refractivity contribution in [2.75, 3.05) is 6.54 Å². The molecule has 3 rings (SSSR count). The highest BCUT2D eigenvalue weighted by atomic mass is 16.4. The highest BCUT2D eigenvalue weighted by molar-refractivity contribution is 5.77. The van der Waals surface area contributed by atoms with Crippen LogP contribution < -0.4 is 5.32 Å². The van der Waals surface area contributed by atoms with Gasteiger partial charge in [0, 0.05) is 32.9 Å². The molecule has 168 valence electrons. The molecule has 31 heavy (non-hydrogen) atoms. The molecule has 6 nitrogen and oxygen atoms in total. The zero-order chi connectivity index (χ0) is 22.5. The van der Waals surface area contributed by atoms with Gasteiger partial charge in [-0.25, -0.2) is 4.98 Å². The second-order valence-corrected chi connectivity index (χ2v) is 9.25. The van der Waals surface area contributed by atoms with Crippen LogP contribution in [0.15, 0.2) is 35.9 Å². The van der Waals surface area contributed by atoms with E-state index in [1.165, 1.54) is 11.1 Å². The lowest BCUT2D eigenvalue weighted by Gasteiger charge is -2.37. The average molecular weight is 426 g/mol. The number of rotatable bonds is 9. The standard InChI is InChI=1S/C25H35N3O3/c1-16(2)20-13-18(14-23-27-21-8-5-6-9-22(21)28(23)4)17(3)12-19(20)15-26-24(29)10-7-11-25(30)31/h5-6,8-9,12,16,18-20H,7,10-11,13-15H2,1-4H3,(H,26,29)(H,30,31)/t18-,19-,20-/m0/s1. The van der Waals surface area contributed by atoms with Crippen LogP contribution in [-0.2, 0) is 23.1 Å². The van der Waals surface area contributed by atoms with Gasteiger partial charge in [0.25, 0.3) is 0 Å². The summed E-state index contributed by atoms with van der Waals surface area (Å²) >= 11 is 0. The maximum Gasteiger partial charge on any atom is 0.303 e. The van der Waals surface area contributed by atoms with Gasteiger partial charge >= 0.3 is 5.97 Å². The Bertz CT molecular complexity index is 960. The fourth-order valence-corrected chi connectivity index (χ4v) is 4.83. The van der Waals surface area contributed by atoms with Crippen LogP contribution in [0.3, 0.4) is 0 Å². The van der Waals surface area contributed by atoms with Gasteiger partial charge in [-0.3, -0.25) is 9.59 Å². The zero-order valence-corrected chi connectivity index (χ0v) is 19.1. The first-order valence-corrected chi connectivity index (χ1v) is 11.3. The van der Waals surface area contributed by atoms with Crippen molar-refractivity contribution < 1.29 is 14.7 Å². The van der Waals surface area contributed by atoms with Crippen molar-refractivity contribution in [2.45, 2.75) is 52.9 Å². The molecular weight excluding hydrogens is 390 g/mol. The van der Waals surface area contributed by atoms with E-state index in [2.05, 4.69) is 62.0 Å². The molecular formula is C25H35N3O3. The minimum absolute atomic E-state index is 0.0361. The van der Waals surface area contributed by atoms with Gasteiger partial charge in [-0.05, 0) is 55.6 Å². The Morgan fingerprint density at radius 3 is 2.68 bits per heavy atom. The smallest absolute Gasteiger partial charge is 0.303 e. The Kier molecular flexibility index (Phi) is 7.52. The molecule has 2 N–H and O–H groups in total. The van der Waals surface area contributed by atoms with Crippen LogP contribution in [0.4, 0.5) is 0 Å². The van der Waals surface area contributed by atoms with E-state index in [1.807, 2.05) is 6.07 Å². The van der Waals surface area contributed by atoms with E-state index in [9.17, 15) is 9.59 Å². The van der Waals surface area contributed by atoms with Crippen molar-refractivity contribution in [1.82, 2.24) is 14.9 Å². The number of aromatic nitrogens is 2. The van der Waals surface area contributed by atoms with Crippen LogP contribution in [0.2, 0.25) is 0 Å². The third-order valence-electron chi connectivity index (χ3n) is 6.72. The predicted molar refractivity (Wildman–Crippen MR) is 123 cm³/mol. The second-order valence-electron chi connectivity index (χ2n) is 9.25. The molecule has 0 saturated heterocycles. The number of aryl methyl sites for hydroxylation is 1. The molecule has 0 aliphatic heterocycles. The van der Waals surface area contributed by atoms with E-state index < -0.39 is 5.97 Å². The molecule has 6 heteroatoms. The van der Waals surface area contributed by atoms with Crippen LogP contribution in [0, 0.1) is 23.7 Å². The molecule has 1 heterocycles. The molecule has 1 aromatic carbocycles. The van der Waals surface area contributed by atoms with Crippen molar-refractivity contribution in [1.29, 1.82) is 0 Å². The number of nitrogens with one attached hydrogen (secondary N) is 1. The van der Waals surface area contributed by atoms with Crippen molar-refractivity contribution in [2.24, 2.45) is 30.7 Å². The summed E-state index contributed by atoms with van der Waals surface area (Å²) < 4.78 is 2.20. The molecule has 0 unspecified atom stereocenters. The molecule has 3 atom stereocenters. The monoisotopic (exact) mass is 425 g/mol. The number of carboxylic acids is 1. The van der Waals surface area contributed by atoms with Gasteiger partial charge in [0.2, 0.25) is 5.91 Å². The van der Waals surface area contributed by atoms with Crippen molar-refractivity contribution >= 4 is 22.9 Å². The molecule has 0 fully saturated rings. The van der Waals surface area contributed by atoms with Gasteiger partial charge in [0.05, 0.1) is 11.0 Å². The van der Waals surface area contributed by atoms with Gasteiger partial charge in [0.1, 0.15) is 5.82 Å². The summed E-state index contributed by atoms with van der Waals surface area (Å²) in [7, 11) is 2.09. The first-order valence-electron chi connectivity index (χ1n) is 11.3. The number of nitrogens with zero attached hydrogens (tertiary/aromatic N) is 2. The highest BCUT2D eigenvalue weighted by Gasteiger charge is 2.32. The van der Waals surface area contributed by atoms with E-state index in [0.29, 0.717) is 36.6 Å². The van der Waals surface area contributed by atoms with Gasteiger partial charge in [-0.2, -0.15) is 0 Å². The van der Waals surface area contributed by atoms with Crippen molar-refractivity contribution in [3.63, 3.8) is 0 Å². The zero-order valence-electron chi connectivity index (χ0n) is 19.1. The number of carboxylic acid groups (broad SMARTS) is 1. The Morgan fingerprint density at radius 1 is 1.26 bits per heavy atom. The summed E-state index contributed by atoms with van der Waals surface area (Å²) in [6.07, 6.45) is 5.04. The quantitative estimate of drug-likeness (QED) is 0.585. The van der Waals surface area contributed by atoms with E-state index in [1.54, 1.807) is 0 Å². The number of amides is 1. The third-order valence-corrected chi connectivity index (χ3v) is 6.72. The summed E-state index contributed by atoms with van der Waals surface area (Å²) in [6, 6.07) is 8.26.